The van der Waals surface area contributed by atoms with E-state index in [9.17, 15) is 0 Å². The van der Waals surface area contributed by atoms with E-state index in [1.807, 2.05) is 0 Å². The second-order valence-electron chi connectivity index (χ2n) is 9.69. The third-order valence-corrected chi connectivity index (χ3v) is 11.0. The molecule has 2 aromatic carbocycles. The van der Waals surface area contributed by atoms with Gasteiger partial charge in [-0.25, -0.2) is 0 Å². The van der Waals surface area contributed by atoms with Crippen molar-refractivity contribution in [3.05, 3.63) is 72.8 Å². The molecule has 0 bridgehead atoms. The van der Waals surface area contributed by atoms with Gasteiger partial charge in [-0.2, -0.15) is 0 Å². The summed E-state index contributed by atoms with van der Waals surface area (Å²) >= 11 is 0. The standard InChI is InChI=1S/C28H36O2Si/c1-5-13-23(14-6-1)27-21-22-28(24-15-7-2-8-16-24)30-31(29-27,25-17-9-3-10-18-25)26-19-11-4-12-20-26/h3-4,9-12,17-24,27-28H,1-2,5-8,13-16H2/t27-,28-/m0/s1. The van der Waals surface area contributed by atoms with E-state index >= 15 is 0 Å². The Morgan fingerprint density at radius 2 is 0.903 bits per heavy atom. The number of benzene rings is 2. The molecule has 0 radical (unpaired) electrons. The molecular formula is C28H36O2Si. The van der Waals surface area contributed by atoms with Gasteiger partial charge in [-0.15, -0.1) is 0 Å². The maximum Gasteiger partial charge on any atom is 0.408 e. The predicted molar refractivity (Wildman–Crippen MR) is 130 cm³/mol. The Bertz CT molecular complexity index is 766. The fourth-order valence-electron chi connectivity index (χ4n) is 5.89. The normalized spacial score (nSPS) is 27.6. The molecule has 0 amide bonds. The SMILES string of the molecule is C1=C[C@@H](C2CCCCC2)O[Si](c2ccccc2)(c2ccccc2)O[C@@H]1C1CCCCC1. The van der Waals surface area contributed by atoms with Crippen molar-refractivity contribution >= 4 is 18.9 Å². The number of hydrogen-bond donors (Lipinski definition) is 0. The molecule has 1 aliphatic heterocycles. The summed E-state index contributed by atoms with van der Waals surface area (Å²) in [5.74, 6) is 1.22. The van der Waals surface area contributed by atoms with E-state index < -0.39 is 8.56 Å². The van der Waals surface area contributed by atoms with Gasteiger partial charge in [-0.05, 0) is 47.9 Å². The summed E-state index contributed by atoms with van der Waals surface area (Å²) in [5.41, 5.74) is 0. The van der Waals surface area contributed by atoms with Gasteiger partial charge in [0, 0.05) is 0 Å². The highest BCUT2D eigenvalue weighted by Crippen LogP contribution is 2.36. The van der Waals surface area contributed by atoms with Crippen molar-refractivity contribution in [3.8, 4) is 0 Å². The van der Waals surface area contributed by atoms with E-state index in [0.29, 0.717) is 11.8 Å². The first kappa shape index (κ1) is 21.2. The molecule has 0 N–H and O–H groups in total. The lowest BCUT2D eigenvalue weighted by Gasteiger charge is -2.39. The zero-order valence-electron chi connectivity index (χ0n) is 18.6. The average Bonchev–Trinajstić information content (AvgIpc) is 3.08. The Kier molecular flexibility index (Phi) is 6.73. The van der Waals surface area contributed by atoms with Gasteiger partial charge in [0.1, 0.15) is 0 Å². The maximum atomic E-state index is 7.26. The highest BCUT2D eigenvalue weighted by atomic mass is 28.4. The molecule has 1 heterocycles. The van der Waals surface area contributed by atoms with Gasteiger partial charge in [0.2, 0.25) is 0 Å². The average molecular weight is 433 g/mol. The van der Waals surface area contributed by atoms with Gasteiger partial charge < -0.3 is 8.85 Å². The summed E-state index contributed by atoms with van der Waals surface area (Å²) in [6, 6.07) is 21.7. The third-order valence-electron chi connectivity index (χ3n) is 7.63. The Balaban J connectivity index is 1.59. The summed E-state index contributed by atoms with van der Waals surface area (Å²) < 4.78 is 14.5. The molecule has 2 saturated carbocycles. The molecule has 3 aliphatic rings. The lowest BCUT2D eigenvalue weighted by molar-refractivity contribution is 0.0759. The molecule has 2 nitrogen and oxygen atoms in total. The Morgan fingerprint density at radius 3 is 1.29 bits per heavy atom. The highest BCUT2D eigenvalue weighted by molar-refractivity contribution is 6.92. The Morgan fingerprint density at radius 1 is 0.516 bits per heavy atom. The minimum atomic E-state index is -2.84. The van der Waals surface area contributed by atoms with Crippen LogP contribution in [-0.2, 0) is 8.85 Å². The number of hydrogen-bond acceptors (Lipinski definition) is 2. The largest absolute Gasteiger partial charge is 0.408 e. The molecule has 2 fully saturated rings. The maximum absolute atomic E-state index is 7.26. The van der Waals surface area contributed by atoms with Crippen LogP contribution in [0.3, 0.4) is 0 Å². The zero-order chi connectivity index (χ0) is 20.9. The van der Waals surface area contributed by atoms with Gasteiger partial charge in [0.25, 0.3) is 0 Å². The van der Waals surface area contributed by atoms with E-state index in [4.69, 9.17) is 8.85 Å². The highest BCUT2D eigenvalue weighted by Gasteiger charge is 2.49. The molecule has 31 heavy (non-hydrogen) atoms. The van der Waals surface area contributed by atoms with E-state index in [1.54, 1.807) is 0 Å². The van der Waals surface area contributed by atoms with Crippen molar-refractivity contribution in [3.63, 3.8) is 0 Å². The van der Waals surface area contributed by atoms with Crippen molar-refractivity contribution in [2.45, 2.75) is 76.4 Å². The fourth-order valence-corrected chi connectivity index (χ4v) is 9.40. The Labute approximate surface area is 188 Å². The van der Waals surface area contributed by atoms with Crippen LogP contribution in [0.2, 0.25) is 0 Å². The van der Waals surface area contributed by atoms with Gasteiger partial charge in [-0.1, -0.05) is 111 Å². The van der Waals surface area contributed by atoms with Crippen molar-refractivity contribution in [2.24, 2.45) is 11.8 Å². The van der Waals surface area contributed by atoms with E-state index in [2.05, 4.69) is 72.8 Å². The van der Waals surface area contributed by atoms with E-state index in [-0.39, 0.29) is 12.2 Å². The first-order chi connectivity index (χ1) is 15.4. The molecular weight excluding hydrogens is 396 g/mol. The quantitative estimate of drug-likeness (QED) is 0.453. The molecule has 164 valence electrons. The minimum Gasteiger partial charge on any atom is -0.381 e. The van der Waals surface area contributed by atoms with Crippen molar-refractivity contribution in [2.75, 3.05) is 0 Å². The first-order valence-corrected chi connectivity index (χ1v) is 14.3. The Hall–Kier alpha value is -1.68. The first-order valence-electron chi connectivity index (χ1n) is 12.5. The van der Waals surface area contributed by atoms with Crippen LogP contribution in [0.5, 0.6) is 0 Å². The van der Waals surface area contributed by atoms with Gasteiger partial charge >= 0.3 is 8.56 Å². The monoisotopic (exact) mass is 432 g/mol. The van der Waals surface area contributed by atoms with E-state index in [1.165, 1.54) is 74.6 Å². The van der Waals surface area contributed by atoms with Crippen molar-refractivity contribution in [1.82, 2.24) is 0 Å². The molecule has 0 spiro atoms. The molecule has 2 aromatic rings. The second-order valence-corrected chi connectivity index (χ2v) is 12.6. The van der Waals surface area contributed by atoms with Crippen LogP contribution in [0.25, 0.3) is 0 Å². The van der Waals surface area contributed by atoms with Crippen LogP contribution in [0.15, 0.2) is 72.8 Å². The lowest BCUT2D eigenvalue weighted by Crippen LogP contribution is -2.66. The summed E-state index contributed by atoms with van der Waals surface area (Å²) in [6.45, 7) is 0. The summed E-state index contributed by atoms with van der Waals surface area (Å²) in [5, 5.41) is 2.48. The van der Waals surface area contributed by atoms with Crippen molar-refractivity contribution in [1.29, 1.82) is 0 Å². The second kappa shape index (κ2) is 9.85. The predicted octanol–water partition coefficient (Wildman–Crippen LogP) is 5.74. The number of rotatable bonds is 4. The zero-order valence-corrected chi connectivity index (χ0v) is 19.6. The molecule has 5 rings (SSSR count). The van der Waals surface area contributed by atoms with Gasteiger partial charge in [0.15, 0.2) is 0 Å². The van der Waals surface area contributed by atoms with Crippen LogP contribution >= 0.6 is 0 Å². The van der Waals surface area contributed by atoms with Crippen LogP contribution in [0.4, 0.5) is 0 Å². The van der Waals surface area contributed by atoms with Crippen LogP contribution < -0.4 is 10.4 Å². The summed E-state index contributed by atoms with van der Waals surface area (Å²) in [6.07, 6.45) is 18.3. The molecule has 2 aliphatic carbocycles. The molecule has 0 unspecified atom stereocenters. The molecule has 2 atom stereocenters. The lowest BCUT2D eigenvalue weighted by atomic mass is 9.83. The van der Waals surface area contributed by atoms with Crippen LogP contribution in [0, 0.1) is 11.8 Å². The molecule has 0 saturated heterocycles. The summed E-state index contributed by atoms with van der Waals surface area (Å²) in [7, 11) is -2.84. The fraction of sp³-hybridized carbons (Fsp3) is 0.500. The van der Waals surface area contributed by atoms with Crippen LogP contribution in [-0.4, -0.2) is 20.8 Å². The van der Waals surface area contributed by atoms with Crippen LogP contribution in [0.1, 0.15) is 64.2 Å². The van der Waals surface area contributed by atoms with Crippen molar-refractivity contribution < 1.29 is 8.85 Å². The smallest absolute Gasteiger partial charge is 0.381 e. The third kappa shape index (κ3) is 4.60. The molecule has 0 aromatic heterocycles. The van der Waals surface area contributed by atoms with Gasteiger partial charge in [0.05, 0.1) is 12.2 Å². The molecule has 3 heteroatoms. The van der Waals surface area contributed by atoms with E-state index in [0.717, 1.165) is 0 Å². The topological polar surface area (TPSA) is 18.5 Å². The summed E-state index contributed by atoms with van der Waals surface area (Å²) in [4.78, 5) is 0. The minimum absolute atomic E-state index is 0.154. The van der Waals surface area contributed by atoms with Gasteiger partial charge in [-0.3, -0.25) is 0 Å².